The molecule has 0 fully saturated rings. The zero-order valence-electron chi connectivity index (χ0n) is 9.14. The fraction of sp³-hybridized carbons (Fsp3) is 0. The Hall–Kier alpha value is -2.35. The number of anilines is 2. The van der Waals surface area contributed by atoms with Crippen LogP contribution in [-0.2, 0) is 0 Å². The fourth-order valence-corrected chi connectivity index (χ4v) is 2.48. The van der Waals surface area contributed by atoms with E-state index in [2.05, 4.69) is 52.8 Å². The summed E-state index contributed by atoms with van der Waals surface area (Å²) in [5, 5.41) is 5.91. The number of nitrogens with zero attached hydrogens (tertiary/aromatic N) is 1. The Morgan fingerprint density at radius 3 is 2.71 bits per heavy atom. The maximum atomic E-state index is 4.54. The summed E-state index contributed by atoms with van der Waals surface area (Å²) in [5.74, 6) is 0. The van der Waals surface area contributed by atoms with Crippen LogP contribution in [0.15, 0.2) is 54.7 Å². The van der Waals surface area contributed by atoms with Crippen molar-refractivity contribution >= 4 is 22.1 Å². The van der Waals surface area contributed by atoms with Gasteiger partial charge in [-0.2, -0.15) is 0 Å². The van der Waals surface area contributed by atoms with Crippen LogP contribution >= 0.6 is 0 Å². The lowest BCUT2D eigenvalue weighted by Crippen LogP contribution is -2.01. The van der Waals surface area contributed by atoms with Crippen molar-refractivity contribution in [2.45, 2.75) is 0 Å². The minimum absolute atomic E-state index is 1.08. The molecule has 4 rings (SSSR count). The van der Waals surface area contributed by atoms with Crippen molar-refractivity contribution in [3.63, 3.8) is 0 Å². The van der Waals surface area contributed by atoms with E-state index in [1.807, 2.05) is 12.3 Å². The summed E-state index contributed by atoms with van der Waals surface area (Å²) in [6.45, 7) is 0. The van der Waals surface area contributed by atoms with Crippen LogP contribution in [0.25, 0.3) is 22.0 Å². The molecule has 0 unspecified atom stereocenters. The molecule has 2 heterocycles. The maximum absolute atomic E-state index is 4.54. The average Bonchev–Trinajstić information content (AvgIpc) is 2.39. The number of para-hydroxylation sites is 1. The van der Waals surface area contributed by atoms with Crippen molar-refractivity contribution in [1.29, 1.82) is 0 Å². The highest BCUT2D eigenvalue weighted by atomic mass is 14.9. The summed E-state index contributed by atoms with van der Waals surface area (Å²) in [6.07, 6.45) is 1.88. The van der Waals surface area contributed by atoms with Crippen LogP contribution in [-0.4, -0.2) is 4.98 Å². The minimum Gasteiger partial charge on any atom is -0.354 e. The SMILES string of the molecule is c1ccc2c(c1)Nc1cccc3ccnc-2c13. The molecule has 1 aliphatic rings. The van der Waals surface area contributed by atoms with Crippen LogP contribution in [0.4, 0.5) is 11.4 Å². The van der Waals surface area contributed by atoms with Crippen molar-refractivity contribution in [2.75, 3.05) is 5.32 Å². The number of hydrogen-bond acceptors (Lipinski definition) is 2. The highest BCUT2D eigenvalue weighted by Crippen LogP contribution is 2.41. The van der Waals surface area contributed by atoms with Gasteiger partial charge in [0.05, 0.1) is 5.69 Å². The standard InChI is InChI=1S/C15H10N2/c1-2-6-12-11(5-1)15-14-10(8-9-16-15)4-3-7-13(14)17-12/h1-9,17H. The highest BCUT2D eigenvalue weighted by molar-refractivity contribution is 6.09. The molecule has 1 aromatic heterocycles. The molecular formula is C15H10N2. The number of nitrogens with one attached hydrogen (secondary N) is 1. The number of aromatic nitrogens is 1. The zero-order valence-corrected chi connectivity index (χ0v) is 9.14. The van der Waals surface area contributed by atoms with Crippen molar-refractivity contribution in [3.8, 4) is 11.3 Å². The Morgan fingerprint density at radius 2 is 1.71 bits per heavy atom. The molecule has 0 aliphatic carbocycles. The van der Waals surface area contributed by atoms with Gasteiger partial charge in [-0.15, -0.1) is 0 Å². The van der Waals surface area contributed by atoms with Crippen LogP contribution in [0.3, 0.4) is 0 Å². The smallest absolute Gasteiger partial charge is 0.0822 e. The first-order valence-electron chi connectivity index (χ1n) is 5.68. The van der Waals surface area contributed by atoms with Gasteiger partial charge in [-0.05, 0) is 23.6 Å². The third-order valence-corrected chi connectivity index (χ3v) is 3.24. The van der Waals surface area contributed by atoms with E-state index in [0.717, 1.165) is 17.1 Å². The number of hydrogen-bond donors (Lipinski definition) is 1. The second kappa shape index (κ2) is 3.08. The van der Waals surface area contributed by atoms with Gasteiger partial charge < -0.3 is 5.32 Å². The second-order valence-electron chi connectivity index (χ2n) is 4.23. The van der Waals surface area contributed by atoms with Gasteiger partial charge >= 0.3 is 0 Å². The van der Waals surface area contributed by atoms with E-state index >= 15 is 0 Å². The Balaban J connectivity index is 2.22. The molecule has 0 bridgehead atoms. The summed E-state index contributed by atoms with van der Waals surface area (Å²) in [7, 11) is 0. The monoisotopic (exact) mass is 218 g/mol. The Bertz CT molecular complexity index is 727. The quantitative estimate of drug-likeness (QED) is 0.483. The van der Waals surface area contributed by atoms with E-state index in [4.69, 9.17) is 0 Å². The Labute approximate surface area is 98.9 Å². The molecule has 0 saturated carbocycles. The molecule has 0 amide bonds. The van der Waals surface area contributed by atoms with Gasteiger partial charge in [0, 0.05) is 28.5 Å². The molecule has 1 aliphatic heterocycles. The number of pyridine rings is 1. The van der Waals surface area contributed by atoms with E-state index in [1.54, 1.807) is 0 Å². The third-order valence-electron chi connectivity index (χ3n) is 3.24. The van der Waals surface area contributed by atoms with E-state index in [9.17, 15) is 0 Å². The lowest BCUT2D eigenvalue weighted by molar-refractivity contribution is 1.34. The topological polar surface area (TPSA) is 24.9 Å². The first kappa shape index (κ1) is 8.76. The van der Waals surface area contributed by atoms with Gasteiger partial charge in [0.15, 0.2) is 0 Å². The van der Waals surface area contributed by atoms with Gasteiger partial charge in [0.25, 0.3) is 0 Å². The number of fused-ring (bicyclic) bond motifs is 2. The lowest BCUT2D eigenvalue weighted by Gasteiger charge is -2.20. The molecule has 2 heteroatoms. The summed E-state index contributed by atoms with van der Waals surface area (Å²) in [5.41, 5.74) is 4.53. The van der Waals surface area contributed by atoms with Gasteiger partial charge in [0.2, 0.25) is 0 Å². The molecule has 0 atom stereocenters. The van der Waals surface area contributed by atoms with E-state index in [1.165, 1.54) is 16.3 Å². The summed E-state index contributed by atoms with van der Waals surface area (Å²) < 4.78 is 0. The average molecular weight is 218 g/mol. The van der Waals surface area contributed by atoms with E-state index in [0.29, 0.717) is 0 Å². The Kier molecular flexibility index (Phi) is 1.59. The predicted octanol–water partition coefficient (Wildman–Crippen LogP) is 3.96. The third kappa shape index (κ3) is 1.12. The van der Waals surface area contributed by atoms with Crippen molar-refractivity contribution in [2.24, 2.45) is 0 Å². The van der Waals surface area contributed by atoms with Crippen LogP contribution in [0.5, 0.6) is 0 Å². The maximum Gasteiger partial charge on any atom is 0.0822 e. The molecule has 3 aromatic rings. The van der Waals surface area contributed by atoms with Crippen LogP contribution < -0.4 is 5.32 Å². The molecule has 17 heavy (non-hydrogen) atoms. The van der Waals surface area contributed by atoms with Gasteiger partial charge in [-0.1, -0.05) is 30.3 Å². The highest BCUT2D eigenvalue weighted by Gasteiger charge is 2.17. The van der Waals surface area contributed by atoms with Crippen LogP contribution in [0, 0.1) is 0 Å². The molecule has 0 saturated heterocycles. The zero-order chi connectivity index (χ0) is 11.2. The van der Waals surface area contributed by atoms with Crippen molar-refractivity contribution in [1.82, 2.24) is 4.98 Å². The minimum atomic E-state index is 1.08. The predicted molar refractivity (Wildman–Crippen MR) is 70.5 cm³/mol. The summed E-state index contributed by atoms with van der Waals surface area (Å²) >= 11 is 0. The van der Waals surface area contributed by atoms with E-state index < -0.39 is 0 Å². The molecule has 1 N–H and O–H groups in total. The molecule has 80 valence electrons. The molecule has 2 aromatic carbocycles. The summed E-state index contributed by atoms with van der Waals surface area (Å²) in [4.78, 5) is 4.54. The molecular weight excluding hydrogens is 208 g/mol. The van der Waals surface area contributed by atoms with Crippen molar-refractivity contribution in [3.05, 3.63) is 54.7 Å². The fourth-order valence-electron chi connectivity index (χ4n) is 2.48. The largest absolute Gasteiger partial charge is 0.354 e. The lowest BCUT2D eigenvalue weighted by atomic mass is 9.97. The first-order chi connectivity index (χ1) is 8.43. The Morgan fingerprint density at radius 1 is 0.824 bits per heavy atom. The van der Waals surface area contributed by atoms with Gasteiger partial charge in [-0.3, -0.25) is 4.98 Å². The first-order valence-corrected chi connectivity index (χ1v) is 5.68. The second-order valence-corrected chi connectivity index (χ2v) is 4.23. The molecule has 2 nitrogen and oxygen atoms in total. The van der Waals surface area contributed by atoms with Crippen LogP contribution in [0.2, 0.25) is 0 Å². The van der Waals surface area contributed by atoms with Crippen molar-refractivity contribution < 1.29 is 0 Å². The van der Waals surface area contributed by atoms with E-state index in [-0.39, 0.29) is 0 Å². The molecule has 0 radical (unpaired) electrons. The van der Waals surface area contributed by atoms with Crippen LogP contribution in [0.1, 0.15) is 0 Å². The number of rotatable bonds is 0. The number of benzene rings is 2. The summed E-state index contributed by atoms with van der Waals surface area (Å²) in [6, 6.07) is 16.6. The van der Waals surface area contributed by atoms with Gasteiger partial charge in [0.1, 0.15) is 0 Å². The normalized spacial score (nSPS) is 12.0. The van der Waals surface area contributed by atoms with Gasteiger partial charge in [-0.25, -0.2) is 0 Å². The molecule has 0 spiro atoms.